The van der Waals surface area contributed by atoms with Crippen LogP contribution in [0.2, 0.25) is 0 Å². The van der Waals surface area contributed by atoms with E-state index in [1.807, 2.05) is 6.92 Å². The molecule has 1 N–H and O–H groups in total. The first-order valence-electron chi connectivity index (χ1n) is 7.03. The number of carbonyl (C=O) groups excluding carboxylic acids is 1. The summed E-state index contributed by atoms with van der Waals surface area (Å²) in [5.74, 6) is 0.410. The summed E-state index contributed by atoms with van der Waals surface area (Å²) in [7, 11) is -1.22. The van der Waals surface area contributed by atoms with Crippen molar-refractivity contribution in [2.24, 2.45) is 5.92 Å². The number of carbonyl (C=O) groups is 1. The van der Waals surface area contributed by atoms with Gasteiger partial charge in [0.1, 0.15) is 5.75 Å². The van der Waals surface area contributed by atoms with E-state index in [1.165, 1.54) is 0 Å². The molecule has 0 radical (unpaired) electrons. The van der Waals surface area contributed by atoms with E-state index in [2.05, 4.69) is 0 Å². The van der Waals surface area contributed by atoms with Crippen LogP contribution in [0.1, 0.15) is 31.4 Å². The summed E-state index contributed by atoms with van der Waals surface area (Å²) >= 11 is 0. The summed E-state index contributed by atoms with van der Waals surface area (Å²) in [5.41, 5.74) is 0.933. The lowest BCUT2D eigenvalue weighted by atomic mass is 10.0. The first kappa shape index (κ1) is 15.8. The Morgan fingerprint density at radius 1 is 1.38 bits per heavy atom. The summed E-state index contributed by atoms with van der Waals surface area (Å²) in [6.07, 6.45) is 0.855. The lowest BCUT2D eigenvalue weighted by molar-refractivity contribution is -0.132. The molecule has 5 nitrogen and oxygen atoms in total. The van der Waals surface area contributed by atoms with Gasteiger partial charge >= 0.3 is 0 Å². The van der Waals surface area contributed by atoms with Crippen molar-refractivity contribution in [3.63, 3.8) is 0 Å². The fourth-order valence-electron chi connectivity index (χ4n) is 2.62. The van der Waals surface area contributed by atoms with Crippen molar-refractivity contribution in [1.82, 2.24) is 4.90 Å². The molecule has 1 aliphatic rings. The third kappa shape index (κ3) is 3.97. The van der Waals surface area contributed by atoms with Crippen LogP contribution in [0.15, 0.2) is 24.3 Å². The highest BCUT2D eigenvalue weighted by Gasteiger charge is 2.31. The fourth-order valence-corrected chi connectivity index (χ4v) is 4.48. The van der Waals surface area contributed by atoms with Crippen LogP contribution in [0.5, 0.6) is 5.75 Å². The number of aromatic hydroxyl groups is 1. The maximum atomic E-state index is 12.3. The van der Waals surface area contributed by atoms with Gasteiger partial charge in [-0.25, -0.2) is 8.42 Å². The number of hydrogen-bond donors (Lipinski definition) is 1. The van der Waals surface area contributed by atoms with Gasteiger partial charge in [-0.1, -0.05) is 12.1 Å². The summed E-state index contributed by atoms with van der Waals surface area (Å²) in [6, 6.07) is 6.63. The third-order valence-electron chi connectivity index (χ3n) is 4.14. The van der Waals surface area contributed by atoms with E-state index in [0.29, 0.717) is 6.42 Å². The van der Waals surface area contributed by atoms with E-state index < -0.39 is 9.84 Å². The van der Waals surface area contributed by atoms with Gasteiger partial charge in [0.05, 0.1) is 17.5 Å². The number of sulfone groups is 1. The zero-order valence-corrected chi connectivity index (χ0v) is 13.1. The zero-order chi connectivity index (χ0) is 15.6. The van der Waals surface area contributed by atoms with Gasteiger partial charge in [-0.3, -0.25) is 4.79 Å². The summed E-state index contributed by atoms with van der Waals surface area (Å²) in [6.45, 7) is 1.91. The number of phenolic OH excluding ortho intramolecular Hbond substituents is 1. The Morgan fingerprint density at radius 2 is 2.00 bits per heavy atom. The molecule has 2 atom stereocenters. The molecular weight excluding hydrogens is 290 g/mol. The topological polar surface area (TPSA) is 74.7 Å². The number of benzene rings is 1. The standard InChI is InChI=1S/C15H21NO4S/c1-11(13-3-5-14(17)6-4-13)16(2)15(18)9-12-7-8-21(19,20)10-12/h3-6,11-12,17H,7-10H2,1-2H3. The normalized spacial score (nSPS) is 21.9. The second kappa shape index (κ2) is 6.05. The molecule has 0 aliphatic carbocycles. The Morgan fingerprint density at radius 3 is 2.52 bits per heavy atom. The van der Waals surface area contributed by atoms with Crippen LogP contribution in [0.4, 0.5) is 0 Å². The van der Waals surface area contributed by atoms with E-state index in [0.717, 1.165) is 5.56 Å². The molecule has 1 aromatic rings. The highest BCUT2D eigenvalue weighted by molar-refractivity contribution is 7.91. The van der Waals surface area contributed by atoms with Crippen molar-refractivity contribution in [3.05, 3.63) is 29.8 Å². The smallest absolute Gasteiger partial charge is 0.223 e. The molecular formula is C15H21NO4S. The molecule has 0 aromatic heterocycles. The molecule has 1 fully saturated rings. The number of nitrogens with zero attached hydrogens (tertiary/aromatic N) is 1. The first-order chi connectivity index (χ1) is 9.78. The van der Waals surface area contributed by atoms with Gasteiger partial charge in [0, 0.05) is 13.5 Å². The lowest BCUT2D eigenvalue weighted by Crippen LogP contribution is -2.31. The van der Waals surface area contributed by atoms with Gasteiger partial charge in [0.25, 0.3) is 0 Å². The van der Waals surface area contributed by atoms with Crippen LogP contribution in [-0.2, 0) is 14.6 Å². The monoisotopic (exact) mass is 311 g/mol. The van der Waals surface area contributed by atoms with Crippen molar-refractivity contribution >= 4 is 15.7 Å². The van der Waals surface area contributed by atoms with Crippen molar-refractivity contribution in [2.75, 3.05) is 18.6 Å². The predicted octanol–water partition coefficient (Wildman–Crippen LogP) is 1.74. The van der Waals surface area contributed by atoms with E-state index in [1.54, 1.807) is 36.2 Å². The Kier molecular flexibility index (Phi) is 4.56. The van der Waals surface area contributed by atoms with E-state index in [4.69, 9.17) is 0 Å². The van der Waals surface area contributed by atoms with Crippen molar-refractivity contribution in [1.29, 1.82) is 0 Å². The molecule has 0 bridgehead atoms. The maximum Gasteiger partial charge on any atom is 0.223 e. The van der Waals surface area contributed by atoms with Gasteiger partial charge in [-0.15, -0.1) is 0 Å². The number of hydrogen-bond acceptors (Lipinski definition) is 4. The Bertz CT molecular complexity index is 609. The number of phenols is 1. The minimum Gasteiger partial charge on any atom is -0.508 e. The van der Waals surface area contributed by atoms with Crippen molar-refractivity contribution in [2.45, 2.75) is 25.8 Å². The molecule has 2 unspecified atom stereocenters. The van der Waals surface area contributed by atoms with Crippen LogP contribution < -0.4 is 0 Å². The van der Waals surface area contributed by atoms with E-state index >= 15 is 0 Å². The maximum absolute atomic E-state index is 12.3. The number of amides is 1. The predicted molar refractivity (Wildman–Crippen MR) is 80.7 cm³/mol. The molecule has 116 valence electrons. The molecule has 2 rings (SSSR count). The van der Waals surface area contributed by atoms with Crippen LogP contribution in [-0.4, -0.2) is 42.9 Å². The van der Waals surface area contributed by atoms with Crippen LogP contribution in [0, 0.1) is 5.92 Å². The highest BCUT2D eigenvalue weighted by atomic mass is 32.2. The SMILES string of the molecule is CC(c1ccc(O)cc1)N(C)C(=O)CC1CCS(=O)(=O)C1. The highest BCUT2D eigenvalue weighted by Crippen LogP contribution is 2.26. The van der Waals surface area contributed by atoms with Gasteiger partial charge in [0.2, 0.25) is 5.91 Å². The minimum atomic E-state index is -2.94. The second-order valence-corrected chi connectivity index (χ2v) is 7.97. The van der Waals surface area contributed by atoms with Gasteiger partial charge in [0.15, 0.2) is 9.84 Å². The molecule has 1 aliphatic heterocycles. The minimum absolute atomic E-state index is 0.0438. The molecule has 0 spiro atoms. The largest absolute Gasteiger partial charge is 0.508 e. The summed E-state index contributed by atoms with van der Waals surface area (Å²) in [4.78, 5) is 13.9. The number of rotatable bonds is 4. The van der Waals surface area contributed by atoms with Gasteiger partial charge in [-0.2, -0.15) is 0 Å². The quantitative estimate of drug-likeness (QED) is 0.919. The average Bonchev–Trinajstić information content (AvgIpc) is 2.77. The molecule has 1 aromatic carbocycles. The lowest BCUT2D eigenvalue weighted by Gasteiger charge is -2.26. The molecule has 0 saturated carbocycles. The van der Waals surface area contributed by atoms with Crippen molar-refractivity contribution in [3.8, 4) is 5.75 Å². The van der Waals surface area contributed by atoms with E-state index in [9.17, 15) is 18.3 Å². The van der Waals surface area contributed by atoms with Crippen molar-refractivity contribution < 1.29 is 18.3 Å². The Labute approximate surface area is 125 Å². The van der Waals surface area contributed by atoms with Gasteiger partial charge in [-0.05, 0) is 37.0 Å². The molecule has 1 saturated heterocycles. The summed E-state index contributed by atoms with van der Waals surface area (Å²) in [5, 5.41) is 9.29. The molecule has 6 heteroatoms. The second-order valence-electron chi connectivity index (χ2n) is 5.75. The zero-order valence-electron chi connectivity index (χ0n) is 12.3. The Balaban J connectivity index is 1.97. The first-order valence-corrected chi connectivity index (χ1v) is 8.85. The molecule has 1 amide bonds. The molecule has 21 heavy (non-hydrogen) atoms. The fraction of sp³-hybridized carbons (Fsp3) is 0.533. The Hall–Kier alpha value is -1.56. The molecule has 1 heterocycles. The summed E-state index contributed by atoms with van der Waals surface area (Å²) < 4.78 is 22.9. The third-order valence-corrected chi connectivity index (χ3v) is 5.98. The van der Waals surface area contributed by atoms with Crippen LogP contribution in [0.25, 0.3) is 0 Å². The average molecular weight is 311 g/mol. The van der Waals surface area contributed by atoms with Crippen LogP contribution in [0.3, 0.4) is 0 Å². The van der Waals surface area contributed by atoms with Crippen LogP contribution >= 0.6 is 0 Å². The van der Waals surface area contributed by atoms with E-state index in [-0.39, 0.29) is 41.5 Å². The van der Waals surface area contributed by atoms with Gasteiger partial charge < -0.3 is 10.0 Å².